The predicted octanol–water partition coefficient (Wildman–Crippen LogP) is 3.65. The van der Waals surface area contributed by atoms with Crippen molar-refractivity contribution in [2.75, 3.05) is 13.1 Å². The van der Waals surface area contributed by atoms with Gasteiger partial charge in [0.25, 0.3) is 0 Å². The highest BCUT2D eigenvalue weighted by atomic mass is 35.5. The van der Waals surface area contributed by atoms with Gasteiger partial charge in [0.2, 0.25) is 15.9 Å². The van der Waals surface area contributed by atoms with E-state index in [4.69, 9.17) is 11.6 Å². The lowest BCUT2D eigenvalue weighted by molar-refractivity contribution is -0.121. The van der Waals surface area contributed by atoms with Gasteiger partial charge in [0, 0.05) is 44.5 Å². The van der Waals surface area contributed by atoms with Crippen molar-refractivity contribution in [1.29, 1.82) is 0 Å². The number of halogens is 1. The van der Waals surface area contributed by atoms with Crippen LogP contribution in [0.3, 0.4) is 0 Å². The number of nitrogens with one attached hydrogen (secondary N) is 1. The maximum atomic E-state index is 13.0. The van der Waals surface area contributed by atoms with Crippen LogP contribution < -0.4 is 5.32 Å². The molecule has 1 N–H and O–H groups in total. The van der Waals surface area contributed by atoms with Crippen molar-refractivity contribution >= 4 is 38.6 Å². The molecule has 1 fully saturated rings. The third kappa shape index (κ3) is 4.98. The first kappa shape index (κ1) is 22.8. The molecular weight excluding hydrogens is 448 g/mol. The molecule has 1 aliphatic heterocycles. The standard InChI is InChI=1S/C23H27ClN4O3S/c1-27-21-10-9-19(32(30,31)28-13-3-2-4-14-28)15-20(21)26-22(27)11-12-23(29)25-16-17-5-7-18(24)8-6-17/h5-10,15H,2-4,11-14,16H2,1H3,(H,25,29). The number of aryl methyl sites for hydroxylation is 2. The average molecular weight is 475 g/mol. The summed E-state index contributed by atoms with van der Waals surface area (Å²) in [4.78, 5) is 17.2. The lowest BCUT2D eigenvalue weighted by Gasteiger charge is -2.25. The van der Waals surface area contributed by atoms with Gasteiger partial charge in [0.05, 0.1) is 15.9 Å². The van der Waals surface area contributed by atoms with Crippen LogP contribution in [0.2, 0.25) is 5.02 Å². The number of benzene rings is 2. The van der Waals surface area contributed by atoms with E-state index in [1.807, 2.05) is 23.7 Å². The van der Waals surface area contributed by atoms with Crippen LogP contribution in [0.1, 0.15) is 37.1 Å². The van der Waals surface area contributed by atoms with Gasteiger partial charge in [-0.3, -0.25) is 4.79 Å². The van der Waals surface area contributed by atoms with Crippen LogP contribution >= 0.6 is 11.6 Å². The lowest BCUT2D eigenvalue weighted by atomic mass is 10.2. The number of aromatic nitrogens is 2. The van der Waals surface area contributed by atoms with Gasteiger partial charge in [-0.05, 0) is 48.7 Å². The highest BCUT2D eigenvalue weighted by Crippen LogP contribution is 2.25. The first-order valence-corrected chi connectivity index (χ1v) is 12.6. The van der Waals surface area contributed by atoms with E-state index in [0.29, 0.717) is 43.0 Å². The zero-order valence-electron chi connectivity index (χ0n) is 18.1. The number of carbonyl (C=O) groups excluding carboxylic acids is 1. The highest BCUT2D eigenvalue weighted by Gasteiger charge is 2.26. The number of rotatable bonds is 7. The second-order valence-corrected chi connectivity index (χ2v) is 10.5. The van der Waals surface area contributed by atoms with Gasteiger partial charge in [0.1, 0.15) is 5.82 Å². The van der Waals surface area contributed by atoms with E-state index >= 15 is 0 Å². The molecule has 3 aromatic rings. The Morgan fingerprint density at radius 1 is 1.09 bits per heavy atom. The minimum absolute atomic E-state index is 0.0691. The molecule has 170 valence electrons. The number of hydrogen-bond donors (Lipinski definition) is 1. The maximum absolute atomic E-state index is 13.0. The number of carbonyl (C=O) groups is 1. The van der Waals surface area contributed by atoms with Crippen LogP contribution in [0, 0.1) is 0 Å². The fourth-order valence-electron chi connectivity index (χ4n) is 3.98. The van der Waals surface area contributed by atoms with Gasteiger partial charge in [-0.15, -0.1) is 0 Å². The molecule has 2 aromatic carbocycles. The Labute approximate surface area is 193 Å². The Kier molecular flexibility index (Phi) is 6.83. The third-order valence-corrected chi connectivity index (χ3v) is 8.02. The first-order valence-electron chi connectivity index (χ1n) is 10.8. The average Bonchev–Trinajstić information content (AvgIpc) is 3.12. The van der Waals surface area contributed by atoms with E-state index in [2.05, 4.69) is 10.3 Å². The molecule has 0 unspecified atom stereocenters. The van der Waals surface area contributed by atoms with E-state index in [0.717, 1.165) is 36.2 Å². The molecular formula is C23H27ClN4O3S. The number of amides is 1. The van der Waals surface area contributed by atoms with Crippen molar-refractivity contribution in [3.63, 3.8) is 0 Å². The largest absolute Gasteiger partial charge is 0.352 e. The van der Waals surface area contributed by atoms with Crippen molar-refractivity contribution < 1.29 is 13.2 Å². The second kappa shape index (κ2) is 9.60. The van der Waals surface area contributed by atoms with Crippen LogP contribution in [0.4, 0.5) is 0 Å². The van der Waals surface area contributed by atoms with Crippen LogP contribution in [0.15, 0.2) is 47.4 Å². The van der Waals surface area contributed by atoms with Gasteiger partial charge in [-0.2, -0.15) is 4.31 Å². The van der Waals surface area contributed by atoms with E-state index in [9.17, 15) is 13.2 Å². The number of sulfonamides is 1. The second-order valence-electron chi connectivity index (χ2n) is 8.11. The maximum Gasteiger partial charge on any atom is 0.243 e. The fourth-order valence-corrected chi connectivity index (χ4v) is 5.65. The summed E-state index contributed by atoms with van der Waals surface area (Å²) in [5, 5.41) is 3.56. The molecule has 0 radical (unpaired) electrons. The third-order valence-electron chi connectivity index (χ3n) is 5.88. The van der Waals surface area contributed by atoms with E-state index < -0.39 is 10.0 Å². The topological polar surface area (TPSA) is 84.3 Å². The molecule has 7 nitrogen and oxygen atoms in total. The molecule has 1 aliphatic rings. The molecule has 0 atom stereocenters. The minimum Gasteiger partial charge on any atom is -0.352 e. The summed E-state index contributed by atoms with van der Waals surface area (Å²) in [6.45, 7) is 1.58. The van der Waals surface area contributed by atoms with Crippen molar-refractivity contribution in [2.24, 2.45) is 7.05 Å². The smallest absolute Gasteiger partial charge is 0.243 e. The van der Waals surface area contributed by atoms with Crippen LogP contribution in [0.5, 0.6) is 0 Å². The molecule has 0 saturated carbocycles. The number of nitrogens with zero attached hydrogens (tertiary/aromatic N) is 3. The lowest BCUT2D eigenvalue weighted by Crippen LogP contribution is -2.35. The summed E-state index contributed by atoms with van der Waals surface area (Å²) < 4.78 is 29.4. The monoisotopic (exact) mass is 474 g/mol. The Balaban J connectivity index is 1.42. The van der Waals surface area contributed by atoms with Crippen molar-refractivity contribution in [2.45, 2.75) is 43.5 Å². The molecule has 0 aliphatic carbocycles. The molecule has 9 heteroatoms. The summed E-state index contributed by atoms with van der Waals surface area (Å²) in [7, 11) is -1.62. The summed E-state index contributed by atoms with van der Waals surface area (Å²) in [5.41, 5.74) is 2.45. The highest BCUT2D eigenvalue weighted by molar-refractivity contribution is 7.89. The Bertz CT molecular complexity index is 1220. The quantitative estimate of drug-likeness (QED) is 0.566. The molecule has 0 bridgehead atoms. The van der Waals surface area contributed by atoms with Crippen LogP contribution in [-0.2, 0) is 34.8 Å². The number of fused-ring (bicyclic) bond motifs is 1. The Morgan fingerprint density at radius 3 is 2.53 bits per heavy atom. The van der Waals surface area contributed by atoms with Crippen molar-refractivity contribution in [3.8, 4) is 0 Å². The Morgan fingerprint density at radius 2 is 1.81 bits per heavy atom. The SMILES string of the molecule is Cn1c(CCC(=O)NCc2ccc(Cl)cc2)nc2cc(S(=O)(=O)N3CCCCC3)ccc21. The van der Waals surface area contributed by atoms with Gasteiger partial charge < -0.3 is 9.88 Å². The van der Waals surface area contributed by atoms with Gasteiger partial charge in [-0.1, -0.05) is 30.2 Å². The van der Waals surface area contributed by atoms with Crippen LogP contribution in [0.25, 0.3) is 11.0 Å². The van der Waals surface area contributed by atoms with Gasteiger partial charge in [0.15, 0.2) is 0 Å². The summed E-state index contributed by atoms with van der Waals surface area (Å²) in [6, 6.07) is 12.4. The molecule has 4 rings (SSSR count). The normalized spacial score (nSPS) is 15.2. The Hall–Kier alpha value is -2.42. The van der Waals surface area contributed by atoms with Crippen molar-refractivity contribution in [3.05, 3.63) is 58.9 Å². The molecule has 32 heavy (non-hydrogen) atoms. The fraction of sp³-hybridized carbons (Fsp3) is 0.391. The molecule has 1 amide bonds. The van der Waals surface area contributed by atoms with Gasteiger partial charge >= 0.3 is 0 Å². The molecule has 1 aromatic heterocycles. The summed E-state index contributed by atoms with van der Waals surface area (Å²) in [5.74, 6) is 0.675. The van der Waals surface area contributed by atoms with Crippen molar-refractivity contribution in [1.82, 2.24) is 19.2 Å². The summed E-state index contributed by atoms with van der Waals surface area (Å²) in [6.07, 6.45) is 3.63. The molecule has 2 heterocycles. The zero-order chi connectivity index (χ0) is 22.7. The number of imidazole rings is 1. The minimum atomic E-state index is -3.51. The van der Waals surface area contributed by atoms with E-state index in [1.165, 1.54) is 0 Å². The number of hydrogen-bond acceptors (Lipinski definition) is 4. The van der Waals surface area contributed by atoms with Crippen LogP contribution in [-0.4, -0.2) is 41.3 Å². The van der Waals surface area contributed by atoms with Gasteiger partial charge in [-0.25, -0.2) is 13.4 Å². The zero-order valence-corrected chi connectivity index (χ0v) is 19.6. The van der Waals surface area contributed by atoms with E-state index in [-0.39, 0.29) is 10.8 Å². The van der Waals surface area contributed by atoms with E-state index in [1.54, 1.807) is 34.6 Å². The first-order chi connectivity index (χ1) is 15.3. The molecule has 0 spiro atoms. The summed E-state index contributed by atoms with van der Waals surface area (Å²) >= 11 is 5.88. The molecule has 1 saturated heterocycles. The number of piperidine rings is 1. The predicted molar refractivity (Wildman–Crippen MR) is 125 cm³/mol.